The fourth-order valence-corrected chi connectivity index (χ4v) is 5.30. The highest BCUT2D eigenvalue weighted by Crippen LogP contribution is 2.42. The number of nitrogens with zero attached hydrogens (tertiary/aromatic N) is 2. The van der Waals surface area contributed by atoms with Gasteiger partial charge in [-0.2, -0.15) is 0 Å². The zero-order chi connectivity index (χ0) is 21.3. The highest BCUT2D eigenvalue weighted by molar-refractivity contribution is 5.74. The zero-order valence-corrected chi connectivity index (χ0v) is 18.7. The molecule has 1 amide bonds. The molecule has 4 nitrogen and oxygen atoms in total. The van der Waals surface area contributed by atoms with Crippen molar-refractivity contribution in [3.8, 4) is 5.75 Å². The molecule has 0 radical (unpaired) electrons. The van der Waals surface area contributed by atoms with Gasteiger partial charge in [0.2, 0.25) is 5.91 Å². The van der Waals surface area contributed by atoms with Crippen LogP contribution >= 0.6 is 0 Å². The highest BCUT2D eigenvalue weighted by Gasteiger charge is 2.46. The van der Waals surface area contributed by atoms with Crippen LogP contribution in [-0.2, 0) is 11.3 Å². The molecule has 0 saturated carbocycles. The van der Waals surface area contributed by atoms with E-state index in [2.05, 4.69) is 66.1 Å². The van der Waals surface area contributed by atoms with Gasteiger partial charge in [0.15, 0.2) is 0 Å². The molecule has 2 fully saturated rings. The molecule has 4 heteroatoms. The monoisotopic (exact) mass is 406 g/mol. The molecular formula is C26H34N2O2. The molecule has 2 aliphatic rings. The number of carbonyl (C=O) groups is 1. The van der Waals surface area contributed by atoms with Crippen molar-refractivity contribution in [3.63, 3.8) is 0 Å². The lowest BCUT2D eigenvalue weighted by atomic mass is 9.81. The maximum atomic E-state index is 12.3. The van der Waals surface area contributed by atoms with Crippen LogP contribution in [-0.4, -0.2) is 48.5 Å². The average molecular weight is 407 g/mol. The maximum absolute atomic E-state index is 12.3. The van der Waals surface area contributed by atoms with Gasteiger partial charge in [0.05, 0.1) is 7.11 Å². The summed E-state index contributed by atoms with van der Waals surface area (Å²) in [5.74, 6) is 2.48. The summed E-state index contributed by atoms with van der Waals surface area (Å²) in [6.07, 6.45) is 1.05. The summed E-state index contributed by atoms with van der Waals surface area (Å²) in [5, 5.41) is 0. The second kappa shape index (κ2) is 8.81. The van der Waals surface area contributed by atoms with Crippen molar-refractivity contribution in [1.82, 2.24) is 9.80 Å². The van der Waals surface area contributed by atoms with E-state index in [0.717, 1.165) is 38.3 Å². The average Bonchev–Trinajstić information content (AvgIpc) is 3.13. The van der Waals surface area contributed by atoms with Crippen LogP contribution in [0.5, 0.6) is 5.75 Å². The third-order valence-electron chi connectivity index (χ3n) is 6.99. The van der Waals surface area contributed by atoms with Crippen LogP contribution in [0.3, 0.4) is 0 Å². The predicted octanol–water partition coefficient (Wildman–Crippen LogP) is 4.66. The number of piperidine rings is 1. The molecule has 2 heterocycles. The highest BCUT2D eigenvalue weighted by atomic mass is 16.5. The smallest absolute Gasteiger partial charge is 0.219 e. The molecule has 0 aliphatic carbocycles. The van der Waals surface area contributed by atoms with E-state index in [1.165, 1.54) is 16.7 Å². The molecule has 2 aromatic carbocycles. The summed E-state index contributed by atoms with van der Waals surface area (Å²) in [6, 6.07) is 17.8. The number of hydrogen-bond donors (Lipinski definition) is 0. The van der Waals surface area contributed by atoms with Gasteiger partial charge in [-0.3, -0.25) is 9.69 Å². The molecule has 2 aromatic rings. The topological polar surface area (TPSA) is 32.8 Å². The lowest BCUT2D eigenvalue weighted by Crippen LogP contribution is -2.47. The van der Waals surface area contributed by atoms with Crippen LogP contribution in [0.2, 0.25) is 0 Å². The number of hydrogen-bond acceptors (Lipinski definition) is 3. The molecule has 30 heavy (non-hydrogen) atoms. The minimum absolute atomic E-state index is 0.202. The Hall–Kier alpha value is -2.33. The van der Waals surface area contributed by atoms with Crippen molar-refractivity contribution in [2.45, 2.75) is 51.6 Å². The van der Waals surface area contributed by atoms with Crippen molar-refractivity contribution in [2.75, 3.05) is 26.7 Å². The van der Waals surface area contributed by atoms with Gasteiger partial charge in [-0.15, -0.1) is 0 Å². The first-order valence-electron chi connectivity index (χ1n) is 11.2. The lowest BCUT2D eigenvalue weighted by Gasteiger charge is -2.39. The minimum atomic E-state index is 0.202. The van der Waals surface area contributed by atoms with Crippen molar-refractivity contribution >= 4 is 5.91 Å². The summed E-state index contributed by atoms with van der Waals surface area (Å²) in [5.41, 5.74) is 4.05. The number of fused-ring (bicyclic) bond motifs is 1. The zero-order valence-electron chi connectivity index (χ0n) is 18.7. The number of carbonyl (C=O) groups excluding carboxylic acids is 1. The summed E-state index contributed by atoms with van der Waals surface area (Å²) in [7, 11) is 1.71. The van der Waals surface area contributed by atoms with Crippen molar-refractivity contribution in [3.05, 3.63) is 65.2 Å². The molecule has 2 aliphatic heterocycles. The third kappa shape index (κ3) is 4.24. The first-order chi connectivity index (χ1) is 14.5. The minimum Gasteiger partial charge on any atom is -0.497 e. The molecule has 3 atom stereocenters. The first kappa shape index (κ1) is 20.9. The normalized spacial score (nSPS) is 24.2. The predicted molar refractivity (Wildman–Crippen MR) is 121 cm³/mol. The molecule has 0 bridgehead atoms. The van der Waals surface area contributed by atoms with Crippen LogP contribution < -0.4 is 4.74 Å². The van der Waals surface area contributed by atoms with Gasteiger partial charge in [0.1, 0.15) is 5.75 Å². The van der Waals surface area contributed by atoms with Crippen LogP contribution in [0.15, 0.2) is 48.5 Å². The SMILES string of the molecule is COc1cccc([C@@H]2CN(C(C)=O)[C@H]3CCN(Cc4ccc(C(C)C)cc4)C[C@@H]23)c1. The van der Waals surface area contributed by atoms with Gasteiger partial charge in [-0.05, 0) is 41.2 Å². The molecular weight excluding hydrogens is 372 g/mol. The van der Waals surface area contributed by atoms with E-state index in [4.69, 9.17) is 4.74 Å². The Morgan fingerprint density at radius 3 is 2.57 bits per heavy atom. The molecule has 4 rings (SSSR count). The molecule has 0 unspecified atom stereocenters. The number of likely N-dealkylation sites (tertiary alicyclic amines) is 2. The molecule has 160 valence electrons. The van der Waals surface area contributed by atoms with Crippen LogP contribution in [0.1, 0.15) is 55.7 Å². The van der Waals surface area contributed by atoms with Gasteiger partial charge in [-0.25, -0.2) is 0 Å². The second-order valence-electron chi connectivity index (χ2n) is 9.21. The Bertz CT molecular complexity index is 877. The van der Waals surface area contributed by atoms with E-state index < -0.39 is 0 Å². The quantitative estimate of drug-likeness (QED) is 0.724. The van der Waals surface area contributed by atoms with E-state index in [-0.39, 0.29) is 5.91 Å². The molecule has 0 N–H and O–H groups in total. The maximum Gasteiger partial charge on any atom is 0.219 e. The molecule has 2 saturated heterocycles. The van der Waals surface area contributed by atoms with Crippen molar-refractivity contribution in [2.24, 2.45) is 5.92 Å². The van der Waals surface area contributed by atoms with Crippen LogP contribution in [0.4, 0.5) is 0 Å². The standard InChI is InChI=1S/C26H34N2O2/c1-18(2)21-10-8-20(9-11-21)15-27-13-12-26-25(16-27)24(17-28(26)19(3)29)22-6-5-7-23(14-22)30-4/h5-11,14,18,24-26H,12-13,15-17H2,1-4H3/t24-,25-,26-/m0/s1. The number of amides is 1. The number of ether oxygens (including phenoxy) is 1. The van der Waals surface area contributed by atoms with Gasteiger partial charge < -0.3 is 9.64 Å². The molecule has 0 aromatic heterocycles. The Morgan fingerprint density at radius 2 is 1.90 bits per heavy atom. The van der Waals surface area contributed by atoms with E-state index in [1.54, 1.807) is 14.0 Å². The summed E-state index contributed by atoms with van der Waals surface area (Å²) < 4.78 is 5.46. The van der Waals surface area contributed by atoms with Crippen molar-refractivity contribution in [1.29, 1.82) is 0 Å². The van der Waals surface area contributed by atoms with E-state index >= 15 is 0 Å². The Balaban J connectivity index is 1.52. The number of methoxy groups -OCH3 is 1. The van der Waals surface area contributed by atoms with Gasteiger partial charge in [0, 0.05) is 51.0 Å². The lowest BCUT2D eigenvalue weighted by molar-refractivity contribution is -0.130. The summed E-state index contributed by atoms with van der Waals surface area (Å²) in [6.45, 7) is 10.1. The van der Waals surface area contributed by atoms with Gasteiger partial charge >= 0.3 is 0 Å². The third-order valence-corrected chi connectivity index (χ3v) is 6.99. The Morgan fingerprint density at radius 1 is 1.13 bits per heavy atom. The van der Waals surface area contributed by atoms with E-state index in [9.17, 15) is 4.79 Å². The molecule has 0 spiro atoms. The van der Waals surface area contributed by atoms with Gasteiger partial charge in [0.25, 0.3) is 0 Å². The Labute approximate surface area is 180 Å². The van der Waals surface area contributed by atoms with Crippen LogP contribution in [0.25, 0.3) is 0 Å². The van der Waals surface area contributed by atoms with Gasteiger partial charge in [-0.1, -0.05) is 50.2 Å². The van der Waals surface area contributed by atoms with Crippen LogP contribution in [0, 0.1) is 5.92 Å². The number of rotatable bonds is 5. The largest absolute Gasteiger partial charge is 0.497 e. The number of benzene rings is 2. The fourth-order valence-electron chi connectivity index (χ4n) is 5.30. The second-order valence-corrected chi connectivity index (χ2v) is 9.21. The summed E-state index contributed by atoms with van der Waals surface area (Å²) >= 11 is 0. The van der Waals surface area contributed by atoms with E-state index in [1.807, 2.05) is 6.07 Å². The van der Waals surface area contributed by atoms with Crippen molar-refractivity contribution < 1.29 is 9.53 Å². The first-order valence-corrected chi connectivity index (χ1v) is 11.2. The fraction of sp³-hybridized carbons (Fsp3) is 0.500. The Kier molecular flexibility index (Phi) is 6.14. The summed E-state index contributed by atoms with van der Waals surface area (Å²) in [4.78, 5) is 17.0. The van der Waals surface area contributed by atoms with E-state index in [0.29, 0.717) is 23.8 Å².